The third-order valence-corrected chi connectivity index (χ3v) is 4.21. The van der Waals surface area contributed by atoms with Gasteiger partial charge in [-0.2, -0.15) is 5.26 Å². The molecule has 0 N–H and O–H groups in total. The number of aryl methyl sites for hydroxylation is 1. The molecule has 0 atom stereocenters. The highest BCUT2D eigenvalue weighted by Gasteiger charge is 2.17. The maximum atomic E-state index is 9.22. The normalized spacial score (nSPS) is 11.6. The molecular formula is C20H21N3. The lowest BCUT2D eigenvalue weighted by molar-refractivity contribution is 0.590. The van der Waals surface area contributed by atoms with Crippen LogP contribution in [0.2, 0.25) is 0 Å². The van der Waals surface area contributed by atoms with Crippen LogP contribution in [-0.2, 0) is 11.8 Å². The van der Waals surface area contributed by atoms with E-state index in [1.54, 1.807) is 0 Å². The second-order valence-corrected chi connectivity index (χ2v) is 6.93. The van der Waals surface area contributed by atoms with Gasteiger partial charge < -0.3 is 0 Å². The highest BCUT2D eigenvalue weighted by Crippen LogP contribution is 2.29. The minimum Gasteiger partial charge on any atom is -0.300 e. The van der Waals surface area contributed by atoms with Gasteiger partial charge in [-0.15, -0.1) is 0 Å². The molecule has 0 saturated heterocycles. The molecule has 0 saturated carbocycles. The molecule has 0 aliphatic heterocycles. The first-order valence-electron chi connectivity index (χ1n) is 7.86. The van der Waals surface area contributed by atoms with E-state index in [1.165, 1.54) is 5.56 Å². The van der Waals surface area contributed by atoms with Crippen molar-refractivity contribution in [2.45, 2.75) is 39.5 Å². The van der Waals surface area contributed by atoms with Gasteiger partial charge in [0, 0.05) is 11.3 Å². The first-order valence-corrected chi connectivity index (χ1v) is 7.86. The van der Waals surface area contributed by atoms with Crippen LogP contribution in [0.5, 0.6) is 0 Å². The molecule has 3 heteroatoms. The molecule has 2 heterocycles. The van der Waals surface area contributed by atoms with Crippen LogP contribution in [0, 0.1) is 18.3 Å². The molecule has 0 spiro atoms. The molecule has 3 aromatic rings. The Hall–Kier alpha value is -2.60. The van der Waals surface area contributed by atoms with Gasteiger partial charge in [-0.3, -0.25) is 4.40 Å². The van der Waals surface area contributed by atoms with E-state index in [4.69, 9.17) is 4.98 Å². The fourth-order valence-corrected chi connectivity index (χ4v) is 2.92. The van der Waals surface area contributed by atoms with Gasteiger partial charge in [-0.25, -0.2) is 4.98 Å². The summed E-state index contributed by atoms with van der Waals surface area (Å²) in [5.74, 6) is 0. The Morgan fingerprint density at radius 3 is 2.39 bits per heavy atom. The molecule has 0 aliphatic carbocycles. The highest BCUT2D eigenvalue weighted by atomic mass is 15.0. The Labute approximate surface area is 137 Å². The van der Waals surface area contributed by atoms with Gasteiger partial charge >= 0.3 is 0 Å². The molecule has 116 valence electrons. The molecule has 0 bridgehead atoms. The molecule has 3 rings (SSSR count). The Kier molecular flexibility index (Phi) is 3.69. The number of nitrogens with zero attached hydrogens (tertiary/aromatic N) is 3. The van der Waals surface area contributed by atoms with Crippen LogP contribution in [0.4, 0.5) is 0 Å². The van der Waals surface area contributed by atoms with Crippen molar-refractivity contribution >= 4 is 5.65 Å². The summed E-state index contributed by atoms with van der Waals surface area (Å²) in [4.78, 5) is 4.77. The van der Waals surface area contributed by atoms with Crippen molar-refractivity contribution in [2.24, 2.45) is 0 Å². The van der Waals surface area contributed by atoms with Crippen LogP contribution in [0.3, 0.4) is 0 Å². The van der Waals surface area contributed by atoms with E-state index in [2.05, 4.69) is 55.5 Å². The van der Waals surface area contributed by atoms with Crippen molar-refractivity contribution in [3.8, 4) is 17.3 Å². The average molecular weight is 303 g/mol. The van der Waals surface area contributed by atoms with Crippen LogP contribution in [0.1, 0.15) is 37.7 Å². The van der Waals surface area contributed by atoms with Crippen LogP contribution in [0.25, 0.3) is 16.9 Å². The van der Waals surface area contributed by atoms with E-state index < -0.39 is 0 Å². The van der Waals surface area contributed by atoms with Gasteiger partial charge in [0.1, 0.15) is 5.65 Å². The minimum atomic E-state index is 0.128. The maximum Gasteiger partial charge on any atom is 0.137 e. The third kappa shape index (κ3) is 2.73. The van der Waals surface area contributed by atoms with Crippen molar-refractivity contribution in [2.75, 3.05) is 0 Å². The number of rotatable bonds is 2. The van der Waals surface area contributed by atoms with Crippen LogP contribution in [0.15, 0.2) is 42.5 Å². The van der Waals surface area contributed by atoms with Gasteiger partial charge in [-0.1, -0.05) is 51.1 Å². The number of pyridine rings is 1. The van der Waals surface area contributed by atoms with E-state index >= 15 is 0 Å². The Bertz CT molecular complexity index is 888. The number of hydrogen-bond acceptors (Lipinski definition) is 2. The van der Waals surface area contributed by atoms with Crippen LogP contribution < -0.4 is 0 Å². The van der Waals surface area contributed by atoms with Crippen molar-refractivity contribution in [3.63, 3.8) is 0 Å². The van der Waals surface area contributed by atoms with E-state index in [-0.39, 0.29) is 5.41 Å². The molecule has 0 unspecified atom stereocenters. The van der Waals surface area contributed by atoms with Crippen molar-refractivity contribution < 1.29 is 0 Å². The number of imidazole rings is 1. The van der Waals surface area contributed by atoms with Crippen molar-refractivity contribution in [3.05, 3.63) is 59.4 Å². The largest absolute Gasteiger partial charge is 0.300 e. The zero-order valence-corrected chi connectivity index (χ0v) is 14.1. The molecule has 0 aliphatic rings. The lowest BCUT2D eigenvalue weighted by Crippen LogP contribution is -2.10. The van der Waals surface area contributed by atoms with Crippen LogP contribution in [-0.4, -0.2) is 9.38 Å². The molecule has 0 radical (unpaired) electrons. The number of nitriles is 1. The molecule has 23 heavy (non-hydrogen) atoms. The quantitative estimate of drug-likeness (QED) is 0.690. The Morgan fingerprint density at radius 1 is 1.09 bits per heavy atom. The molecule has 2 aromatic heterocycles. The van der Waals surface area contributed by atoms with E-state index in [9.17, 15) is 5.26 Å². The Balaban J connectivity index is 2.18. The molecular weight excluding hydrogens is 282 g/mol. The lowest BCUT2D eigenvalue weighted by atomic mass is 9.86. The SMILES string of the molecule is Cc1cccc2nc(-c3ccc(C(C)(C)C)cc3)c(CC#N)n12. The smallest absolute Gasteiger partial charge is 0.137 e. The summed E-state index contributed by atoms with van der Waals surface area (Å²) in [5, 5.41) is 9.22. The van der Waals surface area contributed by atoms with Gasteiger partial charge in [0.2, 0.25) is 0 Å². The van der Waals surface area contributed by atoms with Gasteiger partial charge in [0.05, 0.1) is 23.9 Å². The van der Waals surface area contributed by atoms with Gasteiger partial charge in [-0.05, 0) is 30.0 Å². The summed E-state index contributed by atoms with van der Waals surface area (Å²) >= 11 is 0. The standard InChI is InChI=1S/C20H21N3/c1-14-6-5-7-18-22-19(17(12-13-21)23(14)18)15-8-10-16(11-9-15)20(2,3)4/h5-11H,12H2,1-4H3. The van der Waals surface area contributed by atoms with Crippen molar-refractivity contribution in [1.29, 1.82) is 5.26 Å². The summed E-state index contributed by atoms with van der Waals surface area (Å²) in [5.41, 5.74) is 6.34. The molecule has 1 aromatic carbocycles. The minimum absolute atomic E-state index is 0.128. The number of hydrogen-bond donors (Lipinski definition) is 0. The first kappa shape index (κ1) is 15.3. The Morgan fingerprint density at radius 2 is 1.78 bits per heavy atom. The predicted octanol–water partition coefficient (Wildman–Crippen LogP) is 4.67. The first-order chi connectivity index (χ1) is 10.9. The van der Waals surface area contributed by atoms with Gasteiger partial charge in [0.25, 0.3) is 0 Å². The lowest BCUT2D eigenvalue weighted by Gasteiger charge is -2.19. The van der Waals surface area contributed by atoms with E-state index in [1.807, 2.05) is 25.1 Å². The van der Waals surface area contributed by atoms with Gasteiger partial charge in [0.15, 0.2) is 0 Å². The maximum absolute atomic E-state index is 9.22. The van der Waals surface area contributed by atoms with Crippen LogP contribution >= 0.6 is 0 Å². The number of benzene rings is 1. The molecule has 0 fully saturated rings. The molecule has 0 amide bonds. The van der Waals surface area contributed by atoms with E-state index in [0.717, 1.165) is 28.3 Å². The number of aromatic nitrogens is 2. The fourth-order valence-electron chi connectivity index (χ4n) is 2.92. The summed E-state index contributed by atoms with van der Waals surface area (Å²) in [6.07, 6.45) is 0.350. The highest BCUT2D eigenvalue weighted by molar-refractivity contribution is 5.67. The third-order valence-electron chi connectivity index (χ3n) is 4.21. The topological polar surface area (TPSA) is 41.1 Å². The summed E-state index contributed by atoms with van der Waals surface area (Å²) in [6, 6.07) is 16.8. The number of fused-ring (bicyclic) bond motifs is 1. The second kappa shape index (κ2) is 5.55. The summed E-state index contributed by atoms with van der Waals surface area (Å²) in [7, 11) is 0. The molecule has 3 nitrogen and oxygen atoms in total. The second-order valence-electron chi connectivity index (χ2n) is 6.93. The fraction of sp³-hybridized carbons (Fsp3) is 0.300. The summed E-state index contributed by atoms with van der Waals surface area (Å²) in [6.45, 7) is 8.66. The predicted molar refractivity (Wildman–Crippen MR) is 93.4 cm³/mol. The zero-order valence-electron chi connectivity index (χ0n) is 14.1. The summed E-state index contributed by atoms with van der Waals surface area (Å²) < 4.78 is 2.08. The van der Waals surface area contributed by atoms with Crippen molar-refractivity contribution in [1.82, 2.24) is 9.38 Å². The monoisotopic (exact) mass is 303 g/mol. The van der Waals surface area contributed by atoms with E-state index in [0.29, 0.717) is 6.42 Å². The zero-order chi connectivity index (χ0) is 16.6. The average Bonchev–Trinajstić information content (AvgIpc) is 2.87.